The number of carbonyl (C=O) groups is 1. The first-order valence-electron chi connectivity index (χ1n) is 11.8. The van der Waals surface area contributed by atoms with Gasteiger partial charge in [0, 0.05) is 37.1 Å². The van der Waals surface area contributed by atoms with Crippen LogP contribution >= 0.6 is 0 Å². The topological polar surface area (TPSA) is 97.4 Å². The highest BCUT2D eigenvalue weighted by atomic mass is 16.5. The number of aryl methyl sites for hydroxylation is 1. The maximum Gasteiger partial charge on any atom is 0.275 e. The van der Waals surface area contributed by atoms with Crippen molar-refractivity contribution >= 4 is 16.7 Å². The van der Waals surface area contributed by atoms with Crippen LogP contribution in [0.1, 0.15) is 41.8 Å². The minimum absolute atomic E-state index is 0.144. The van der Waals surface area contributed by atoms with E-state index in [1.54, 1.807) is 17.0 Å². The van der Waals surface area contributed by atoms with Crippen molar-refractivity contribution in [1.82, 2.24) is 29.7 Å². The highest BCUT2D eigenvalue weighted by Gasteiger charge is 2.27. The minimum Gasteiger partial charge on any atom is -0.338 e. The second kappa shape index (κ2) is 9.42. The van der Waals surface area contributed by atoms with E-state index in [9.17, 15) is 9.59 Å². The molecule has 180 valence electrons. The fourth-order valence-electron chi connectivity index (χ4n) is 4.42. The van der Waals surface area contributed by atoms with Gasteiger partial charge in [-0.05, 0) is 32.4 Å². The van der Waals surface area contributed by atoms with Gasteiger partial charge in [0.15, 0.2) is 5.69 Å². The fraction of sp³-hybridized carbons (Fsp3) is 0.346. The molecule has 4 aromatic rings. The van der Waals surface area contributed by atoms with Crippen LogP contribution in [0.2, 0.25) is 0 Å². The molecule has 0 N–H and O–H groups in total. The van der Waals surface area contributed by atoms with Crippen molar-refractivity contribution in [2.24, 2.45) is 0 Å². The summed E-state index contributed by atoms with van der Waals surface area (Å²) in [6, 6.07) is 15.0. The first kappa shape index (κ1) is 22.9. The molecule has 9 heteroatoms. The predicted octanol–water partition coefficient (Wildman–Crippen LogP) is 3.29. The van der Waals surface area contributed by atoms with Crippen molar-refractivity contribution in [1.29, 1.82) is 0 Å². The van der Waals surface area contributed by atoms with Crippen LogP contribution in [0.15, 0.2) is 57.8 Å². The number of hydrogen-bond acceptors (Lipinski definition) is 7. The standard InChI is InChI=1S/C26H28N6O3/c1-17(2)32-25(33)21-11-7-6-10-20(21)23(28-32)26(34)31-14-12-30(13-15-31)16-22-27-24(29-35-22)19-9-5-4-8-18(19)3/h4-11,17H,12-16H2,1-3H3. The highest BCUT2D eigenvalue weighted by Crippen LogP contribution is 2.21. The summed E-state index contributed by atoms with van der Waals surface area (Å²) in [5.74, 6) is 0.986. The molecule has 0 atom stereocenters. The smallest absolute Gasteiger partial charge is 0.275 e. The molecule has 1 saturated heterocycles. The van der Waals surface area contributed by atoms with Gasteiger partial charge in [0.05, 0.1) is 18.0 Å². The molecule has 1 fully saturated rings. The maximum absolute atomic E-state index is 13.4. The molecule has 3 heterocycles. The Kier molecular flexibility index (Phi) is 6.17. The molecule has 1 aliphatic rings. The molecule has 35 heavy (non-hydrogen) atoms. The number of amides is 1. The first-order chi connectivity index (χ1) is 16.9. The van der Waals surface area contributed by atoms with E-state index < -0.39 is 0 Å². The van der Waals surface area contributed by atoms with E-state index in [2.05, 4.69) is 20.1 Å². The summed E-state index contributed by atoms with van der Waals surface area (Å²) in [6.07, 6.45) is 0. The number of benzene rings is 2. The molecule has 1 aliphatic heterocycles. The molecule has 2 aromatic carbocycles. The third kappa shape index (κ3) is 4.46. The lowest BCUT2D eigenvalue weighted by atomic mass is 10.1. The Morgan fingerprint density at radius 1 is 1.00 bits per heavy atom. The van der Waals surface area contributed by atoms with E-state index >= 15 is 0 Å². The average molecular weight is 473 g/mol. The second-order valence-corrected chi connectivity index (χ2v) is 9.13. The molecule has 5 rings (SSSR count). The third-order valence-electron chi connectivity index (χ3n) is 6.39. The quantitative estimate of drug-likeness (QED) is 0.440. The minimum atomic E-state index is -0.179. The van der Waals surface area contributed by atoms with Crippen LogP contribution < -0.4 is 5.56 Å². The number of aromatic nitrogens is 4. The number of carbonyl (C=O) groups excluding carboxylic acids is 1. The third-order valence-corrected chi connectivity index (χ3v) is 6.39. The van der Waals surface area contributed by atoms with Crippen LogP contribution in [0.3, 0.4) is 0 Å². The number of rotatable bonds is 5. The van der Waals surface area contributed by atoms with Gasteiger partial charge in [-0.1, -0.05) is 47.6 Å². The van der Waals surface area contributed by atoms with Gasteiger partial charge >= 0.3 is 0 Å². The number of nitrogens with zero attached hydrogens (tertiary/aromatic N) is 6. The molecule has 0 aliphatic carbocycles. The van der Waals surface area contributed by atoms with E-state index in [0.29, 0.717) is 60.9 Å². The van der Waals surface area contributed by atoms with E-state index in [0.717, 1.165) is 11.1 Å². The second-order valence-electron chi connectivity index (χ2n) is 9.13. The van der Waals surface area contributed by atoms with Crippen LogP contribution in [0.5, 0.6) is 0 Å². The zero-order valence-electron chi connectivity index (χ0n) is 20.1. The lowest BCUT2D eigenvalue weighted by Crippen LogP contribution is -2.48. The van der Waals surface area contributed by atoms with Crippen LogP contribution in [0.25, 0.3) is 22.2 Å². The summed E-state index contributed by atoms with van der Waals surface area (Å²) in [5.41, 5.74) is 2.20. The summed E-state index contributed by atoms with van der Waals surface area (Å²) >= 11 is 0. The fourth-order valence-corrected chi connectivity index (χ4v) is 4.42. The van der Waals surface area contributed by atoms with Crippen molar-refractivity contribution in [3.8, 4) is 11.4 Å². The lowest BCUT2D eigenvalue weighted by Gasteiger charge is -2.34. The average Bonchev–Trinajstić information content (AvgIpc) is 3.33. The summed E-state index contributed by atoms with van der Waals surface area (Å²) in [4.78, 5) is 34.8. The summed E-state index contributed by atoms with van der Waals surface area (Å²) in [6.45, 7) is 8.78. The summed E-state index contributed by atoms with van der Waals surface area (Å²) in [5, 5.41) is 9.71. The Labute approximate surface area is 203 Å². The van der Waals surface area contributed by atoms with Crippen LogP contribution in [0, 0.1) is 6.92 Å². The molecular weight excluding hydrogens is 444 g/mol. The number of hydrogen-bond donors (Lipinski definition) is 0. The molecular formula is C26H28N6O3. The zero-order valence-corrected chi connectivity index (χ0v) is 20.1. The van der Waals surface area contributed by atoms with E-state index in [1.165, 1.54) is 4.68 Å². The molecule has 9 nitrogen and oxygen atoms in total. The first-order valence-corrected chi connectivity index (χ1v) is 11.8. The number of fused-ring (bicyclic) bond motifs is 1. The SMILES string of the molecule is Cc1ccccc1-c1noc(CN2CCN(C(=O)c3nn(C(C)C)c(=O)c4ccccc34)CC2)n1. The predicted molar refractivity (Wildman–Crippen MR) is 132 cm³/mol. The van der Waals surface area contributed by atoms with Gasteiger partial charge in [-0.25, -0.2) is 4.68 Å². The molecule has 0 unspecified atom stereocenters. The van der Waals surface area contributed by atoms with Gasteiger partial charge < -0.3 is 9.42 Å². The van der Waals surface area contributed by atoms with Gasteiger partial charge in [0.25, 0.3) is 11.5 Å². The largest absolute Gasteiger partial charge is 0.338 e. The lowest BCUT2D eigenvalue weighted by molar-refractivity contribution is 0.0608. The van der Waals surface area contributed by atoms with Gasteiger partial charge in [-0.15, -0.1) is 0 Å². The highest BCUT2D eigenvalue weighted by molar-refractivity contribution is 6.04. The van der Waals surface area contributed by atoms with Crippen molar-refractivity contribution in [3.05, 3.63) is 76.0 Å². The Hall–Kier alpha value is -3.85. The van der Waals surface area contributed by atoms with E-state index in [4.69, 9.17) is 4.52 Å². The zero-order chi connectivity index (χ0) is 24.5. The molecule has 0 spiro atoms. The Bertz CT molecular complexity index is 1430. The number of piperazine rings is 1. The van der Waals surface area contributed by atoms with E-state index in [1.807, 2.05) is 57.2 Å². The Morgan fingerprint density at radius 2 is 1.69 bits per heavy atom. The molecule has 0 bridgehead atoms. The van der Waals surface area contributed by atoms with Crippen molar-refractivity contribution < 1.29 is 9.32 Å². The summed E-state index contributed by atoms with van der Waals surface area (Å²) < 4.78 is 6.89. The van der Waals surface area contributed by atoms with E-state index in [-0.39, 0.29) is 17.5 Å². The van der Waals surface area contributed by atoms with Crippen LogP contribution in [-0.4, -0.2) is 61.8 Å². The van der Waals surface area contributed by atoms with Crippen molar-refractivity contribution in [3.63, 3.8) is 0 Å². The van der Waals surface area contributed by atoms with Crippen molar-refractivity contribution in [2.45, 2.75) is 33.4 Å². The van der Waals surface area contributed by atoms with Gasteiger partial charge in [-0.3, -0.25) is 14.5 Å². The molecule has 1 amide bonds. The monoisotopic (exact) mass is 472 g/mol. The Balaban J connectivity index is 1.29. The maximum atomic E-state index is 13.4. The molecule has 2 aromatic heterocycles. The van der Waals surface area contributed by atoms with Gasteiger partial charge in [0.2, 0.25) is 11.7 Å². The normalized spacial score (nSPS) is 14.7. The van der Waals surface area contributed by atoms with Gasteiger partial charge in [-0.2, -0.15) is 10.1 Å². The molecule has 0 radical (unpaired) electrons. The van der Waals surface area contributed by atoms with Gasteiger partial charge in [0.1, 0.15) is 0 Å². The van der Waals surface area contributed by atoms with Crippen LogP contribution in [0.4, 0.5) is 0 Å². The Morgan fingerprint density at radius 3 is 2.40 bits per heavy atom. The van der Waals surface area contributed by atoms with Crippen molar-refractivity contribution in [2.75, 3.05) is 26.2 Å². The summed E-state index contributed by atoms with van der Waals surface area (Å²) in [7, 11) is 0. The molecule has 0 saturated carbocycles. The van der Waals surface area contributed by atoms with Crippen LogP contribution in [-0.2, 0) is 6.54 Å².